The molecule has 20 heavy (non-hydrogen) atoms. The summed E-state index contributed by atoms with van der Waals surface area (Å²) < 4.78 is 11.4. The first-order valence-electron chi connectivity index (χ1n) is 6.13. The van der Waals surface area contributed by atoms with Crippen LogP contribution in [0, 0.1) is 10.1 Å². The Labute approximate surface area is 133 Å². The lowest BCUT2D eigenvalue weighted by Gasteiger charge is -2.28. The summed E-state index contributed by atoms with van der Waals surface area (Å²) in [5, 5.41) is 11.9. The van der Waals surface area contributed by atoms with E-state index in [1.165, 1.54) is 6.07 Å². The van der Waals surface area contributed by atoms with Gasteiger partial charge in [0.15, 0.2) is 0 Å². The molecule has 1 aliphatic heterocycles. The van der Waals surface area contributed by atoms with Gasteiger partial charge in [0.05, 0.1) is 29.2 Å². The topological polar surface area (TPSA) is 64.8 Å². The van der Waals surface area contributed by atoms with E-state index in [-0.39, 0.29) is 10.6 Å². The summed E-state index contributed by atoms with van der Waals surface area (Å²) in [5.41, 5.74) is 0.649. The van der Waals surface area contributed by atoms with Gasteiger partial charge in [-0.3, -0.25) is 10.1 Å². The minimum absolute atomic E-state index is 0.0740. The lowest BCUT2D eigenvalue weighted by atomic mass is 10.2. The Morgan fingerprint density at radius 3 is 2.70 bits per heavy atom. The van der Waals surface area contributed by atoms with Crippen LogP contribution in [-0.2, 0) is 4.74 Å². The van der Waals surface area contributed by atoms with Gasteiger partial charge < -0.3 is 14.4 Å². The zero-order valence-corrected chi connectivity index (χ0v) is 13.9. The average molecular weight is 410 g/mol. The summed E-state index contributed by atoms with van der Waals surface area (Å²) in [5.74, 6) is 0.608. The number of halogens is 2. The third kappa shape index (κ3) is 3.62. The molecule has 0 aromatic heterocycles. The van der Waals surface area contributed by atoms with Crippen molar-refractivity contribution < 1.29 is 14.4 Å². The molecule has 1 aliphatic rings. The van der Waals surface area contributed by atoms with Crippen LogP contribution in [0.25, 0.3) is 0 Å². The normalized spacial score (nSPS) is 15.2. The number of nitrogens with zero attached hydrogens (tertiary/aromatic N) is 2. The number of ether oxygens (including phenoxy) is 2. The van der Waals surface area contributed by atoms with E-state index in [1.807, 2.05) is 4.90 Å². The van der Waals surface area contributed by atoms with Crippen molar-refractivity contribution in [2.45, 2.75) is 0 Å². The lowest BCUT2D eigenvalue weighted by molar-refractivity contribution is -0.384. The highest BCUT2D eigenvalue weighted by molar-refractivity contribution is 9.10. The average Bonchev–Trinajstić information content (AvgIpc) is 2.46. The van der Waals surface area contributed by atoms with E-state index in [0.29, 0.717) is 54.1 Å². The maximum atomic E-state index is 11.2. The zero-order valence-electron chi connectivity index (χ0n) is 10.7. The van der Waals surface area contributed by atoms with Crippen molar-refractivity contribution in [1.82, 2.24) is 0 Å². The lowest BCUT2D eigenvalue weighted by Crippen LogP contribution is -2.36. The van der Waals surface area contributed by atoms with Crippen LogP contribution in [0.1, 0.15) is 0 Å². The van der Waals surface area contributed by atoms with Gasteiger partial charge in [-0.1, -0.05) is 15.9 Å². The van der Waals surface area contributed by atoms with Crippen LogP contribution in [0.5, 0.6) is 5.75 Å². The number of hydrogen-bond acceptors (Lipinski definition) is 5. The SMILES string of the molecule is O=[N+]([O-])c1cc(Br)c(OCCBr)cc1N1CCOCC1. The van der Waals surface area contributed by atoms with Crippen molar-refractivity contribution in [3.8, 4) is 5.75 Å². The van der Waals surface area contributed by atoms with Crippen LogP contribution in [0.4, 0.5) is 11.4 Å². The van der Waals surface area contributed by atoms with E-state index in [0.717, 1.165) is 0 Å². The molecular formula is C12H14Br2N2O4. The summed E-state index contributed by atoms with van der Waals surface area (Å²) in [6.07, 6.45) is 0. The Kier molecular flexibility index (Phi) is 5.62. The molecule has 0 saturated carbocycles. The Morgan fingerprint density at radius 2 is 2.10 bits per heavy atom. The van der Waals surface area contributed by atoms with Crippen LogP contribution < -0.4 is 9.64 Å². The van der Waals surface area contributed by atoms with E-state index >= 15 is 0 Å². The first kappa shape index (κ1) is 15.5. The highest BCUT2D eigenvalue weighted by Gasteiger charge is 2.24. The van der Waals surface area contributed by atoms with E-state index in [1.54, 1.807) is 6.07 Å². The van der Waals surface area contributed by atoms with Gasteiger partial charge in [-0.2, -0.15) is 0 Å². The molecule has 0 amide bonds. The number of morpholine rings is 1. The van der Waals surface area contributed by atoms with Crippen LogP contribution in [0.3, 0.4) is 0 Å². The summed E-state index contributed by atoms with van der Waals surface area (Å²) in [6.45, 7) is 2.93. The number of rotatable bonds is 5. The summed E-state index contributed by atoms with van der Waals surface area (Å²) in [4.78, 5) is 12.8. The minimum Gasteiger partial charge on any atom is -0.491 e. The molecule has 0 radical (unpaired) electrons. The number of nitro benzene ring substituents is 1. The molecule has 1 aromatic carbocycles. The Hall–Kier alpha value is -0.860. The number of nitro groups is 1. The van der Waals surface area contributed by atoms with Gasteiger partial charge in [0, 0.05) is 30.6 Å². The van der Waals surface area contributed by atoms with Gasteiger partial charge in [0.25, 0.3) is 5.69 Å². The second kappa shape index (κ2) is 7.24. The molecular weight excluding hydrogens is 396 g/mol. The molecule has 8 heteroatoms. The second-order valence-electron chi connectivity index (χ2n) is 4.17. The third-order valence-electron chi connectivity index (χ3n) is 2.91. The zero-order chi connectivity index (χ0) is 14.5. The first-order valence-corrected chi connectivity index (χ1v) is 8.04. The molecule has 110 valence electrons. The maximum Gasteiger partial charge on any atom is 0.293 e. The van der Waals surface area contributed by atoms with Gasteiger partial charge in [-0.05, 0) is 15.9 Å². The fourth-order valence-electron chi connectivity index (χ4n) is 2.00. The first-order chi connectivity index (χ1) is 9.63. The van der Waals surface area contributed by atoms with Crippen LogP contribution >= 0.6 is 31.9 Å². The molecule has 0 aliphatic carbocycles. The molecule has 0 unspecified atom stereocenters. The molecule has 0 bridgehead atoms. The molecule has 2 rings (SSSR count). The summed E-state index contributed by atoms with van der Waals surface area (Å²) >= 11 is 6.60. The van der Waals surface area contributed by atoms with Crippen molar-refractivity contribution >= 4 is 43.2 Å². The van der Waals surface area contributed by atoms with Gasteiger partial charge in [-0.15, -0.1) is 0 Å². The molecule has 1 aromatic rings. The van der Waals surface area contributed by atoms with Crippen molar-refractivity contribution in [2.24, 2.45) is 0 Å². The molecule has 0 spiro atoms. The van der Waals surface area contributed by atoms with Crippen LogP contribution in [0.15, 0.2) is 16.6 Å². The Morgan fingerprint density at radius 1 is 1.40 bits per heavy atom. The highest BCUT2D eigenvalue weighted by Crippen LogP contribution is 2.38. The van der Waals surface area contributed by atoms with Gasteiger partial charge in [-0.25, -0.2) is 0 Å². The summed E-state index contributed by atoms with van der Waals surface area (Å²) in [7, 11) is 0. The molecule has 1 fully saturated rings. The Bertz CT molecular complexity index is 493. The van der Waals surface area contributed by atoms with Crippen molar-refractivity contribution in [1.29, 1.82) is 0 Å². The van der Waals surface area contributed by atoms with Crippen molar-refractivity contribution in [2.75, 3.05) is 43.1 Å². The van der Waals surface area contributed by atoms with E-state index in [9.17, 15) is 10.1 Å². The number of hydrogen-bond donors (Lipinski definition) is 0. The fourth-order valence-corrected chi connectivity index (χ4v) is 2.60. The largest absolute Gasteiger partial charge is 0.491 e. The summed E-state index contributed by atoms with van der Waals surface area (Å²) in [6, 6.07) is 3.21. The van der Waals surface area contributed by atoms with Crippen LogP contribution in [0.2, 0.25) is 0 Å². The quantitative estimate of drug-likeness (QED) is 0.425. The predicted molar refractivity (Wildman–Crippen MR) is 83.1 cm³/mol. The van der Waals surface area contributed by atoms with Gasteiger partial charge in [0.1, 0.15) is 11.4 Å². The fraction of sp³-hybridized carbons (Fsp3) is 0.500. The maximum absolute atomic E-state index is 11.2. The molecule has 1 saturated heterocycles. The molecule has 0 N–H and O–H groups in total. The van der Waals surface area contributed by atoms with Gasteiger partial charge >= 0.3 is 0 Å². The minimum atomic E-state index is -0.371. The number of benzene rings is 1. The smallest absolute Gasteiger partial charge is 0.293 e. The number of anilines is 1. The van der Waals surface area contributed by atoms with E-state index in [2.05, 4.69) is 31.9 Å². The molecule has 6 nitrogen and oxygen atoms in total. The standard InChI is InChI=1S/C12H14Br2N2O4/c13-1-4-20-12-8-10(15-2-5-19-6-3-15)11(16(17)18)7-9(12)14/h7-8H,1-6H2. The van der Waals surface area contributed by atoms with Gasteiger partial charge in [0.2, 0.25) is 0 Å². The van der Waals surface area contributed by atoms with Crippen molar-refractivity contribution in [3.05, 3.63) is 26.7 Å². The third-order valence-corrected chi connectivity index (χ3v) is 3.86. The second-order valence-corrected chi connectivity index (χ2v) is 5.81. The predicted octanol–water partition coefficient (Wildman–Crippen LogP) is 2.97. The Balaban J connectivity index is 2.36. The van der Waals surface area contributed by atoms with E-state index in [4.69, 9.17) is 9.47 Å². The highest BCUT2D eigenvalue weighted by atomic mass is 79.9. The van der Waals surface area contributed by atoms with Crippen molar-refractivity contribution in [3.63, 3.8) is 0 Å². The molecule has 0 atom stereocenters. The monoisotopic (exact) mass is 408 g/mol. The number of alkyl halides is 1. The molecule has 1 heterocycles. The van der Waals surface area contributed by atoms with E-state index < -0.39 is 0 Å². The van der Waals surface area contributed by atoms with Crippen LogP contribution in [-0.4, -0.2) is 43.2 Å².